The second-order valence-electron chi connectivity index (χ2n) is 3.90. The number of benzene rings is 1. The largest absolute Gasteiger partial charge is 0.490 e. The Hall–Kier alpha value is -1.75. The molecule has 0 unspecified atom stereocenters. The highest BCUT2D eigenvalue weighted by Crippen LogP contribution is 2.23. The van der Waals surface area contributed by atoms with E-state index in [0.29, 0.717) is 24.5 Å². The maximum absolute atomic E-state index is 8.73. The molecule has 0 aromatic heterocycles. The van der Waals surface area contributed by atoms with E-state index in [1.165, 1.54) is 0 Å². The van der Waals surface area contributed by atoms with Crippen LogP contribution in [0.1, 0.15) is 24.5 Å². The zero-order valence-corrected chi connectivity index (χ0v) is 10.8. The van der Waals surface area contributed by atoms with Crippen molar-refractivity contribution < 1.29 is 14.7 Å². The van der Waals surface area contributed by atoms with E-state index in [0.717, 1.165) is 18.6 Å². The number of hydrogen-bond acceptors (Lipinski definition) is 4. The molecule has 0 radical (unpaired) electrons. The van der Waals surface area contributed by atoms with E-state index in [4.69, 9.17) is 20.4 Å². The standard InChI is InChI=1S/C13H20N2O3/c1-3-7-17-8-9-18-12-10(2)5-4-6-11(12)13(14)15-16/h4-6,16H,3,7-9H2,1-2H3,(H2,14,15). The van der Waals surface area contributed by atoms with Gasteiger partial charge in [-0.2, -0.15) is 0 Å². The van der Waals surface area contributed by atoms with Gasteiger partial charge in [-0.25, -0.2) is 0 Å². The van der Waals surface area contributed by atoms with E-state index in [9.17, 15) is 0 Å². The van der Waals surface area contributed by atoms with Gasteiger partial charge < -0.3 is 20.4 Å². The van der Waals surface area contributed by atoms with Crippen LogP contribution in [0, 0.1) is 6.92 Å². The summed E-state index contributed by atoms with van der Waals surface area (Å²) in [5.41, 5.74) is 7.13. The summed E-state index contributed by atoms with van der Waals surface area (Å²) in [5.74, 6) is 0.677. The highest BCUT2D eigenvalue weighted by molar-refractivity contribution is 5.99. The van der Waals surface area contributed by atoms with Crippen molar-refractivity contribution in [2.24, 2.45) is 10.9 Å². The van der Waals surface area contributed by atoms with Crippen LogP contribution in [0.15, 0.2) is 23.4 Å². The van der Waals surface area contributed by atoms with E-state index >= 15 is 0 Å². The molecule has 0 amide bonds. The molecule has 18 heavy (non-hydrogen) atoms. The zero-order chi connectivity index (χ0) is 13.4. The molecular formula is C13H20N2O3. The molecule has 3 N–H and O–H groups in total. The fourth-order valence-corrected chi connectivity index (χ4v) is 1.55. The molecule has 100 valence electrons. The van der Waals surface area contributed by atoms with Crippen LogP contribution in [-0.4, -0.2) is 30.9 Å². The summed E-state index contributed by atoms with van der Waals surface area (Å²) in [6.07, 6.45) is 0.986. The van der Waals surface area contributed by atoms with E-state index < -0.39 is 0 Å². The van der Waals surface area contributed by atoms with Crippen LogP contribution >= 0.6 is 0 Å². The summed E-state index contributed by atoms with van der Waals surface area (Å²) >= 11 is 0. The Morgan fingerprint density at radius 2 is 2.11 bits per heavy atom. The minimum absolute atomic E-state index is 0.0446. The quantitative estimate of drug-likeness (QED) is 0.255. The molecule has 1 aromatic carbocycles. The lowest BCUT2D eigenvalue weighted by Crippen LogP contribution is -2.17. The van der Waals surface area contributed by atoms with Crippen molar-refractivity contribution in [2.45, 2.75) is 20.3 Å². The SMILES string of the molecule is CCCOCCOc1c(C)cccc1/C(N)=N/O. The van der Waals surface area contributed by atoms with Gasteiger partial charge in [-0.1, -0.05) is 24.2 Å². The van der Waals surface area contributed by atoms with E-state index in [1.54, 1.807) is 6.07 Å². The Kier molecular flexibility index (Phi) is 6.00. The van der Waals surface area contributed by atoms with Gasteiger partial charge in [0, 0.05) is 6.61 Å². The number of ether oxygens (including phenoxy) is 2. The van der Waals surface area contributed by atoms with Crippen molar-refractivity contribution in [2.75, 3.05) is 19.8 Å². The van der Waals surface area contributed by atoms with Gasteiger partial charge in [0.25, 0.3) is 0 Å². The Morgan fingerprint density at radius 1 is 1.33 bits per heavy atom. The van der Waals surface area contributed by atoms with Crippen LogP contribution in [-0.2, 0) is 4.74 Å². The molecule has 0 bridgehead atoms. The first-order chi connectivity index (χ1) is 8.70. The zero-order valence-electron chi connectivity index (χ0n) is 10.8. The molecular weight excluding hydrogens is 232 g/mol. The Bertz CT molecular complexity index is 405. The minimum Gasteiger partial charge on any atom is -0.490 e. The van der Waals surface area contributed by atoms with Crippen molar-refractivity contribution in [1.82, 2.24) is 0 Å². The van der Waals surface area contributed by atoms with E-state index in [2.05, 4.69) is 12.1 Å². The summed E-state index contributed by atoms with van der Waals surface area (Å²) in [5, 5.41) is 11.7. The van der Waals surface area contributed by atoms with Gasteiger partial charge in [-0.3, -0.25) is 0 Å². The second-order valence-corrected chi connectivity index (χ2v) is 3.90. The Labute approximate surface area is 107 Å². The molecule has 5 heteroatoms. The summed E-state index contributed by atoms with van der Waals surface area (Å²) < 4.78 is 11.0. The third kappa shape index (κ3) is 3.92. The number of amidine groups is 1. The first kappa shape index (κ1) is 14.3. The Morgan fingerprint density at radius 3 is 2.78 bits per heavy atom. The minimum atomic E-state index is 0.0446. The lowest BCUT2D eigenvalue weighted by molar-refractivity contribution is 0.100. The summed E-state index contributed by atoms with van der Waals surface area (Å²) in [4.78, 5) is 0. The molecule has 0 heterocycles. The van der Waals surface area contributed by atoms with Gasteiger partial charge in [0.15, 0.2) is 5.84 Å². The summed E-state index contributed by atoms with van der Waals surface area (Å²) in [7, 11) is 0. The fourth-order valence-electron chi connectivity index (χ4n) is 1.55. The van der Waals surface area contributed by atoms with Crippen molar-refractivity contribution >= 4 is 5.84 Å². The average molecular weight is 252 g/mol. The molecule has 0 saturated heterocycles. The molecule has 5 nitrogen and oxygen atoms in total. The number of hydrogen-bond donors (Lipinski definition) is 2. The smallest absolute Gasteiger partial charge is 0.173 e. The van der Waals surface area contributed by atoms with Crippen LogP contribution in [0.5, 0.6) is 5.75 Å². The number of oxime groups is 1. The number of para-hydroxylation sites is 1. The first-order valence-electron chi connectivity index (χ1n) is 5.98. The molecule has 0 fully saturated rings. The number of aryl methyl sites for hydroxylation is 1. The number of nitrogens with two attached hydrogens (primary N) is 1. The van der Waals surface area contributed by atoms with Gasteiger partial charge in [-0.05, 0) is 25.0 Å². The van der Waals surface area contributed by atoms with Gasteiger partial charge in [0.2, 0.25) is 0 Å². The Balaban J connectivity index is 2.68. The van der Waals surface area contributed by atoms with Gasteiger partial charge in [-0.15, -0.1) is 0 Å². The molecule has 0 saturated carbocycles. The molecule has 1 rings (SSSR count). The van der Waals surface area contributed by atoms with E-state index in [1.807, 2.05) is 19.1 Å². The van der Waals surface area contributed by atoms with Crippen LogP contribution in [0.3, 0.4) is 0 Å². The van der Waals surface area contributed by atoms with Crippen molar-refractivity contribution in [3.63, 3.8) is 0 Å². The molecule has 0 spiro atoms. The second kappa shape index (κ2) is 7.55. The topological polar surface area (TPSA) is 77.1 Å². The third-order valence-electron chi connectivity index (χ3n) is 2.42. The summed E-state index contributed by atoms with van der Waals surface area (Å²) in [6, 6.07) is 5.50. The van der Waals surface area contributed by atoms with Crippen LogP contribution in [0.25, 0.3) is 0 Å². The average Bonchev–Trinajstić information content (AvgIpc) is 2.39. The van der Waals surface area contributed by atoms with Crippen LogP contribution in [0.2, 0.25) is 0 Å². The van der Waals surface area contributed by atoms with Crippen molar-refractivity contribution in [1.29, 1.82) is 0 Å². The molecule has 1 aromatic rings. The molecule has 0 atom stereocenters. The molecule has 0 aliphatic rings. The maximum atomic E-state index is 8.73. The fraction of sp³-hybridized carbons (Fsp3) is 0.462. The van der Waals surface area contributed by atoms with Gasteiger partial charge >= 0.3 is 0 Å². The summed E-state index contributed by atoms with van der Waals surface area (Å²) in [6.45, 7) is 5.66. The monoisotopic (exact) mass is 252 g/mol. The number of nitrogens with zero attached hydrogens (tertiary/aromatic N) is 1. The normalized spacial score (nSPS) is 11.6. The third-order valence-corrected chi connectivity index (χ3v) is 2.42. The van der Waals surface area contributed by atoms with Gasteiger partial charge in [0.05, 0.1) is 12.2 Å². The number of rotatable bonds is 7. The molecule has 0 aliphatic carbocycles. The van der Waals surface area contributed by atoms with Crippen LogP contribution in [0.4, 0.5) is 0 Å². The highest BCUT2D eigenvalue weighted by Gasteiger charge is 2.10. The predicted molar refractivity (Wildman–Crippen MR) is 70.3 cm³/mol. The lowest BCUT2D eigenvalue weighted by Gasteiger charge is -2.13. The molecule has 0 aliphatic heterocycles. The highest BCUT2D eigenvalue weighted by atomic mass is 16.5. The van der Waals surface area contributed by atoms with Crippen molar-refractivity contribution in [3.8, 4) is 5.75 Å². The van der Waals surface area contributed by atoms with Crippen LogP contribution < -0.4 is 10.5 Å². The van der Waals surface area contributed by atoms with Crippen molar-refractivity contribution in [3.05, 3.63) is 29.3 Å². The first-order valence-corrected chi connectivity index (χ1v) is 5.98. The van der Waals surface area contributed by atoms with E-state index in [-0.39, 0.29) is 5.84 Å². The lowest BCUT2D eigenvalue weighted by atomic mass is 10.1. The maximum Gasteiger partial charge on any atom is 0.173 e. The predicted octanol–water partition coefficient (Wildman–Crippen LogP) is 1.89. The van der Waals surface area contributed by atoms with Gasteiger partial charge in [0.1, 0.15) is 12.4 Å².